The predicted molar refractivity (Wildman–Crippen MR) is 112 cm³/mol. The number of thiophene rings is 1. The van der Waals surface area contributed by atoms with E-state index >= 15 is 0 Å². The zero-order valence-corrected chi connectivity index (χ0v) is 15.5. The molecule has 0 aliphatic carbocycles. The van der Waals surface area contributed by atoms with E-state index < -0.39 is 11.8 Å². The highest BCUT2D eigenvalue weighted by atomic mass is 32.1. The van der Waals surface area contributed by atoms with Gasteiger partial charge in [0.2, 0.25) is 5.91 Å². The molecule has 138 valence electrons. The Labute approximate surface area is 164 Å². The van der Waals surface area contributed by atoms with Crippen molar-refractivity contribution in [3.63, 3.8) is 0 Å². The van der Waals surface area contributed by atoms with Gasteiger partial charge in [0.15, 0.2) is 0 Å². The maximum absolute atomic E-state index is 11.8. The van der Waals surface area contributed by atoms with Crippen molar-refractivity contribution in [2.75, 3.05) is 5.73 Å². The lowest BCUT2D eigenvalue weighted by molar-refractivity contribution is 0.0994. The third kappa shape index (κ3) is 2.97. The van der Waals surface area contributed by atoms with Crippen LogP contribution in [0, 0.1) is 0 Å². The van der Waals surface area contributed by atoms with Crippen molar-refractivity contribution in [3.05, 3.63) is 71.1 Å². The van der Waals surface area contributed by atoms with Gasteiger partial charge in [-0.3, -0.25) is 9.59 Å². The van der Waals surface area contributed by atoms with Gasteiger partial charge in [-0.1, -0.05) is 42.5 Å². The van der Waals surface area contributed by atoms with Crippen LogP contribution in [0.2, 0.25) is 0 Å². The molecule has 0 saturated carbocycles. The summed E-state index contributed by atoms with van der Waals surface area (Å²) in [5.74, 6) is -1.10. The molecule has 28 heavy (non-hydrogen) atoms. The average molecular weight is 388 g/mol. The molecule has 0 fully saturated rings. The highest BCUT2D eigenvalue weighted by Gasteiger charge is 2.20. The van der Waals surface area contributed by atoms with Gasteiger partial charge in [-0.05, 0) is 29.3 Å². The summed E-state index contributed by atoms with van der Waals surface area (Å²) < 4.78 is 0. The molecule has 6 nitrogen and oxygen atoms in total. The maximum atomic E-state index is 11.8. The molecule has 0 aliphatic heterocycles. The fourth-order valence-corrected chi connectivity index (χ4v) is 4.10. The Kier molecular flexibility index (Phi) is 4.29. The number of carbonyl (C=O) groups is 2. The van der Waals surface area contributed by atoms with E-state index in [9.17, 15) is 9.59 Å². The van der Waals surface area contributed by atoms with E-state index in [0.717, 1.165) is 28.0 Å². The molecule has 6 N–H and O–H groups in total. The van der Waals surface area contributed by atoms with Crippen molar-refractivity contribution in [1.82, 2.24) is 4.98 Å². The quantitative estimate of drug-likeness (QED) is 0.495. The van der Waals surface area contributed by atoms with E-state index in [-0.39, 0.29) is 4.88 Å². The predicted octanol–water partition coefficient (Wildman–Crippen LogP) is 3.41. The maximum Gasteiger partial charge on any atom is 0.260 e. The summed E-state index contributed by atoms with van der Waals surface area (Å²) in [4.78, 5) is 28.9. The standard InChI is InChI=1S/C21H16N4O2S/c22-17-16-14(11-5-2-1-3-6-11)10-15(25-21(16)28-18(17)20(24)27)12-7-4-8-13(9-12)19(23)26/h1-10H,22H2,(H2,23,26)(H2,24,27). The van der Waals surface area contributed by atoms with E-state index in [1.54, 1.807) is 18.2 Å². The van der Waals surface area contributed by atoms with E-state index in [1.807, 2.05) is 42.5 Å². The highest BCUT2D eigenvalue weighted by Crippen LogP contribution is 2.41. The Hall–Kier alpha value is -3.71. The summed E-state index contributed by atoms with van der Waals surface area (Å²) in [5, 5.41) is 0.694. The summed E-state index contributed by atoms with van der Waals surface area (Å²) in [5.41, 5.74) is 21.0. The number of anilines is 1. The van der Waals surface area contributed by atoms with Crippen LogP contribution in [0.3, 0.4) is 0 Å². The minimum absolute atomic E-state index is 0.280. The summed E-state index contributed by atoms with van der Waals surface area (Å²) in [7, 11) is 0. The second kappa shape index (κ2) is 6.79. The van der Waals surface area contributed by atoms with Gasteiger partial charge in [-0.2, -0.15) is 0 Å². The third-order valence-electron chi connectivity index (χ3n) is 4.45. The van der Waals surface area contributed by atoms with Gasteiger partial charge in [0.25, 0.3) is 5.91 Å². The van der Waals surface area contributed by atoms with Gasteiger partial charge in [0, 0.05) is 16.5 Å². The molecule has 0 bridgehead atoms. The summed E-state index contributed by atoms with van der Waals surface area (Å²) in [6, 6.07) is 18.5. The molecule has 4 aromatic rings. The van der Waals surface area contributed by atoms with Crippen LogP contribution in [0.25, 0.3) is 32.6 Å². The SMILES string of the molecule is NC(=O)c1cccc(-c2cc(-c3ccccc3)c3c(N)c(C(N)=O)sc3n2)c1. The van der Waals surface area contributed by atoms with Gasteiger partial charge in [0.1, 0.15) is 9.71 Å². The number of amides is 2. The zero-order valence-electron chi connectivity index (χ0n) is 14.7. The van der Waals surface area contributed by atoms with Crippen LogP contribution in [0.4, 0.5) is 5.69 Å². The number of primary amides is 2. The van der Waals surface area contributed by atoms with Crippen molar-refractivity contribution in [1.29, 1.82) is 0 Å². The number of rotatable bonds is 4. The van der Waals surface area contributed by atoms with Crippen LogP contribution in [0.5, 0.6) is 0 Å². The zero-order chi connectivity index (χ0) is 19.8. The number of pyridine rings is 1. The number of carbonyl (C=O) groups excluding carboxylic acids is 2. The smallest absolute Gasteiger partial charge is 0.260 e. The first-order chi connectivity index (χ1) is 13.5. The molecule has 7 heteroatoms. The van der Waals surface area contributed by atoms with Crippen molar-refractivity contribution < 1.29 is 9.59 Å². The number of hydrogen-bond acceptors (Lipinski definition) is 5. The first kappa shape index (κ1) is 17.7. The Morgan fingerprint density at radius 2 is 1.57 bits per heavy atom. The largest absolute Gasteiger partial charge is 0.397 e. The van der Waals surface area contributed by atoms with Crippen molar-refractivity contribution in [3.8, 4) is 22.4 Å². The molecule has 2 aromatic carbocycles. The molecular formula is C21H16N4O2S. The number of nitrogens with two attached hydrogens (primary N) is 3. The number of nitrogens with zero attached hydrogens (tertiary/aromatic N) is 1. The van der Waals surface area contributed by atoms with Crippen molar-refractivity contribution in [2.45, 2.75) is 0 Å². The molecule has 2 heterocycles. The average Bonchev–Trinajstić information content (AvgIpc) is 3.05. The number of fused-ring (bicyclic) bond motifs is 1. The number of nitrogen functional groups attached to an aromatic ring is 1. The summed E-state index contributed by atoms with van der Waals surface area (Å²) >= 11 is 1.16. The van der Waals surface area contributed by atoms with Gasteiger partial charge in [-0.25, -0.2) is 4.98 Å². The second-order valence-corrected chi connectivity index (χ2v) is 7.25. The monoisotopic (exact) mass is 388 g/mol. The van der Waals surface area contributed by atoms with Crippen LogP contribution >= 0.6 is 11.3 Å². The molecule has 0 aliphatic rings. The van der Waals surface area contributed by atoms with Gasteiger partial charge in [0.05, 0.1) is 11.4 Å². The van der Waals surface area contributed by atoms with E-state index in [1.165, 1.54) is 0 Å². The number of benzene rings is 2. The van der Waals surface area contributed by atoms with Crippen LogP contribution in [0.15, 0.2) is 60.7 Å². The Morgan fingerprint density at radius 3 is 2.25 bits per heavy atom. The number of hydrogen-bond donors (Lipinski definition) is 3. The summed E-state index contributed by atoms with van der Waals surface area (Å²) in [6.45, 7) is 0. The highest BCUT2D eigenvalue weighted by molar-refractivity contribution is 7.21. The van der Waals surface area contributed by atoms with Gasteiger partial charge in [-0.15, -0.1) is 11.3 Å². The fraction of sp³-hybridized carbons (Fsp3) is 0. The van der Waals surface area contributed by atoms with Crippen LogP contribution in [-0.2, 0) is 0 Å². The molecule has 0 spiro atoms. The van der Waals surface area contributed by atoms with Gasteiger partial charge < -0.3 is 17.2 Å². The van der Waals surface area contributed by atoms with E-state index in [4.69, 9.17) is 17.2 Å². The molecule has 2 amide bonds. The Morgan fingerprint density at radius 1 is 0.857 bits per heavy atom. The molecule has 0 radical (unpaired) electrons. The number of aromatic nitrogens is 1. The minimum atomic E-state index is -0.586. The Balaban J connectivity index is 2.03. The van der Waals surface area contributed by atoms with E-state index in [2.05, 4.69) is 4.98 Å². The third-order valence-corrected chi connectivity index (χ3v) is 5.56. The molecular weight excluding hydrogens is 372 g/mol. The lowest BCUT2D eigenvalue weighted by atomic mass is 9.99. The van der Waals surface area contributed by atoms with Crippen molar-refractivity contribution in [2.24, 2.45) is 11.5 Å². The van der Waals surface area contributed by atoms with Crippen LogP contribution in [-0.4, -0.2) is 16.8 Å². The van der Waals surface area contributed by atoms with E-state index in [0.29, 0.717) is 27.2 Å². The first-order valence-electron chi connectivity index (χ1n) is 8.44. The topological polar surface area (TPSA) is 125 Å². The molecule has 0 unspecified atom stereocenters. The second-order valence-electron chi connectivity index (χ2n) is 6.26. The van der Waals surface area contributed by atoms with Crippen LogP contribution in [0.1, 0.15) is 20.0 Å². The molecule has 0 saturated heterocycles. The lowest BCUT2D eigenvalue weighted by Crippen LogP contribution is -2.10. The van der Waals surface area contributed by atoms with Gasteiger partial charge >= 0.3 is 0 Å². The minimum Gasteiger partial charge on any atom is -0.397 e. The normalized spacial score (nSPS) is 10.9. The Bertz CT molecular complexity index is 1230. The van der Waals surface area contributed by atoms with Crippen LogP contribution < -0.4 is 17.2 Å². The van der Waals surface area contributed by atoms with Crippen molar-refractivity contribution >= 4 is 39.1 Å². The lowest BCUT2D eigenvalue weighted by Gasteiger charge is -2.09. The molecule has 0 atom stereocenters. The molecule has 4 rings (SSSR count). The molecule has 2 aromatic heterocycles. The fourth-order valence-electron chi connectivity index (χ4n) is 3.13. The summed E-state index contributed by atoms with van der Waals surface area (Å²) in [6.07, 6.45) is 0. The first-order valence-corrected chi connectivity index (χ1v) is 9.26.